The van der Waals surface area contributed by atoms with Gasteiger partial charge in [-0.2, -0.15) is 0 Å². The zero-order valence-electron chi connectivity index (χ0n) is 4.63. The van der Waals surface area contributed by atoms with E-state index >= 15 is 0 Å². The molecule has 2 heteroatoms. The lowest BCUT2D eigenvalue weighted by Gasteiger charge is -2.03. The maximum absolute atomic E-state index is 8.22. The van der Waals surface area contributed by atoms with Crippen molar-refractivity contribution < 1.29 is 10.2 Å². The largest absolute Gasteiger partial charge is 0.368 e. The molecule has 0 aliphatic heterocycles. The summed E-state index contributed by atoms with van der Waals surface area (Å²) in [5.74, 6) is 0.250. The van der Waals surface area contributed by atoms with Gasteiger partial charge in [0.1, 0.15) is 0 Å². The van der Waals surface area contributed by atoms with Crippen molar-refractivity contribution >= 4 is 0 Å². The topological polar surface area (TPSA) is 40.5 Å². The van der Waals surface area contributed by atoms with Gasteiger partial charge in [-0.15, -0.1) is 0 Å². The molecule has 0 aromatic heterocycles. The van der Waals surface area contributed by atoms with Gasteiger partial charge in [0.15, 0.2) is 6.29 Å². The Morgan fingerprint density at radius 1 is 1.29 bits per heavy atom. The SMILES string of the molecule is CC(C)[CH]C(O)O. The number of aliphatic hydroxyl groups excluding tert-OH is 1. The normalized spacial score (nSPS) is 11.1. The van der Waals surface area contributed by atoms with Gasteiger partial charge in [-0.3, -0.25) is 0 Å². The molecule has 0 aromatic carbocycles. The van der Waals surface area contributed by atoms with Crippen LogP contribution in [0.15, 0.2) is 0 Å². The van der Waals surface area contributed by atoms with Crippen molar-refractivity contribution in [2.24, 2.45) is 5.92 Å². The molecule has 0 aliphatic carbocycles. The first-order valence-corrected chi connectivity index (χ1v) is 2.34. The van der Waals surface area contributed by atoms with Gasteiger partial charge in [-0.1, -0.05) is 13.8 Å². The molecule has 0 spiro atoms. The lowest BCUT2D eigenvalue weighted by Crippen LogP contribution is -2.08. The fourth-order valence-electron chi connectivity index (χ4n) is 0.344. The van der Waals surface area contributed by atoms with Crippen molar-refractivity contribution in [3.8, 4) is 0 Å². The Hall–Kier alpha value is -0.0800. The summed E-state index contributed by atoms with van der Waals surface area (Å²) in [7, 11) is 0. The highest BCUT2D eigenvalue weighted by molar-refractivity contribution is 4.69. The van der Waals surface area contributed by atoms with Crippen LogP contribution in [0, 0.1) is 12.3 Å². The van der Waals surface area contributed by atoms with E-state index in [9.17, 15) is 0 Å². The molecule has 7 heavy (non-hydrogen) atoms. The molecule has 0 unspecified atom stereocenters. The third-order valence-corrected chi connectivity index (χ3v) is 0.557. The van der Waals surface area contributed by atoms with Crippen LogP contribution in [0.4, 0.5) is 0 Å². The Morgan fingerprint density at radius 2 is 1.71 bits per heavy atom. The monoisotopic (exact) mass is 103 g/mol. The van der Waals surface area contributed by atoms with E-state index in [1.165, 1.54) is 6.42 Å². The first-order chi connectivity index (χ1) is 3.13. The molecule has 1 radical (unpaired) electrons. The fraction of sp³-hybridized carbons (Fsp3) is 0.800. The molecule has 0 fully saturated rings. The van der Waals surface area contributed by atoms with E-state index in [-0.39, 0.29) is 5.92 Å². The summed E-state index contributed by atoms with van der Waals surface area (Å²) >= 11 is 0. The highest BCUT2D eigenvalue weighted by Crippen LogP contribution is 1.98. The van der Waals surface area contributed by atoms with Gasteiger partial charge >= 0.3 is 0 Å². The van der Waals surface area contributed by atoms with Gasteiger partial charge in [-0.05, 0) is 5.92 Å². The minimum absolute atomic E-state index is 0.250. The lowest BCUT2D eigenvalue weighted by atomic mass is 10.1. The van der Waals surface area contributed by atoms with Crippen LogP contribution in [-0.2, 0) is 0 Å². The van der Waals surface area contributed by atoms with E-state index in [2.05, 4.69) is 0 Å². The Balaban J connectivity index is 2.95. The van der Waals surface area contributed by atoms with Gasteiger partial charge in [0.25, 0.3) is 0 Å². The minimum Gasteiger partial charge on any atom is -0.368 e. The first-order valence-electron chi connectivity index (χ1n) is 2.34. The van der Waals surface area contributed by atoms with Crippen LogP contribution in [-0.4, -0.2) is 16.5 Å². The Morgan fingerprint density at radius 3 is 1.71 bits per heavy atom. The van der Waals surface area contributed by atoms with Gasteiger partial charge in [-0.25, -0.2) is 0 Å². The van der Waals surface area contributed by atoms with Crippen molar-refractivity contribution in [1.29, 1.82) is 0 Å². The number of hydrogen-bond donors (Lipinski definition) is 2. The molecular weight excluding hydrogens is 92.1 g/mol. The van der Waals surface area contributed by atoms with E-state index in [1.807, 2.05) is 13.8 Å². The molecule has 43 valence electrons. The van der Waals surface area contributed by atoms with Gasteiger partial charge in [0, 0.05) is 6.42 Å². The maximum atomic E-state index is 8.22. The van der Waals surface area contributed by atoms with Crippen LogP contribution in [0.1, 0.15) is 13.8 Å². The number of rotatable bonds is 2. The van der Waals surface area contributed by atoms with Gasteiger partial charge in [0.2, 0.25) is 0 Å². The fourth-order valence-corrected chi connectivity index (χ4v) is 0.344. The molecule has 0 rings (SSSR count). The van der Waals surface area contributed by atoms with Crippen LogP contribution < -0.4 is 0 Å². The van der Waals surface area contributed by atoms with Crippen LogP contribution in [0.25, 0.3) is 0 Å². The minimum atomic E-state index is -1.25. The number of hydrogen-bond acceptors (Lipinski definition) is 2. The second-order valence-electron chi connectivity index (χ2n) is 1.85. The van der Waals surface area contributed by atoms with Crippen molar-refractivity contribution in [2.75, 3.05) is 0 Å². The van der Waals surface area contributed by atoms with Crippen molar-refractivity contribution in [3.05, 3.63) is 6.42 Å². The van der Waals surface area contributed by atoms with Crippen molar-refractivity contribution in [3.63, 3.8) is 0 Å². The Kier molecular flexibility index (Phi) is 2.96. The molecule has 0 amide bonds. The zero-order valence-corrected chi connectivity index (χ0v) is 4.63. The van der Waals surface area contributed by atoms with E-state index in [0.29, 0.717) is 0 Å². The van der Waals surface area contributed by atoms with E-state index in [1.54, 1.807) is 0 Å². The van der Waals surface area contributed by atoms with E-state index in [4.69, 9.17) is 10.2 Å². The quantitative estimate of drug-likeness (QED) is 0.489. The van der Waals surface area contributed by atoms with Gasteiger partial charge < -0.3 is 10.2 Å². The summed E-state index contributed by atoms with van der Waals surface area (Å²) in [6, 6.07) is 0. The smallest absolute Gasteiger partial charge is 0.155 e. The van der Waals surface area contributed by atoms with Crippen LogP contribution in [0.5, 0.6) is 0 Å². The molecule has 0 aliphatic rings. The first kappa shape index (κ1) is 6.92. The number of aliphatic hydroxyl groups is 2. The Bertz CT molecular complexity index is 35.3. The second-order valence-corrected chi connectivity index (χ2v) is 1.85. The average molecular weight is 103 g/mol. The highest BCUT2D eigenvalue weighted by Gasteiger charge is 1.99. The second kappa shape index (κ2) is 2.99. The molecule has 0 aromatic rings. The summed E-state index contributed by atoms with van der Waals surface area (Å²) in [5.41, 5.74) is 0. The van der Waals surface area contributed by atoms with Gasteiger partial charge in [0.05, 0.1) is 0 Å². The molecule has 0 saturated heterocycles. The predicted octanol–water partition coefficient (Wildman–Crippen LogP) is 0.157. The van der Waals surface area contributed by atoms with Crippen LogP contribution in [0.3, 0.4) is 0 Å². The Labute approximate surface area is 43.8 Å². The standard InChI is InChI=1S/C5H11O2/c1-4(2)3-5(6)7/h3-7H,1-2H3. The van der Waals surface area contributed by atoms with Crippen molar-refractivity contribution in [1.82, 2.24) is 0 Å². The van der Waals surface area contributed by atoms with Crippen molar-refractivity contribution in [2.45, 2.75) is 20.1 Å². The molecule has 2 N–H and O–H groups in total. The summed E-state index contributed by atoms with van der Waals surface area (Å²) in [6.07, 6.45) is 0.194. The summed E-state index contributed by atoms with van der Waals surface area (Å²) in [4.78, 5) is 0. The zero-order chi connectivity index (χ0) is 5.86. The van der Waals surface area contributed by atoms with Crippen LogP contribution >= 0.6 is 0 Å². The third kappa shape index (κ3) is 5.92. The van der Waals surface area contributed by atoms with Crippen LogP contribution in [0.2, 0.25) is 0 Å². The summed E-state index contributed by atoms with van der Waals surface area (Å²) in [5, 5.41) is 16.4. The highest BCUT2D eigenvalue weighted by atomic mass is 16.5. The molecule has 0 bridgehead atoms. The molecular formula is C5H11O2. The summed E-state index contributed by atoms with van der Waals surface area (Å²) < 4.78 is 0. The van der Waals surface area contributed by atoms with E-state index in [0.717, 1.165) is 0 Å². The molecule has 2 nitrogen and oxygen atoms in total. The lowest BCUT2D eigenvalue weighted by molar-refractivity contribution is -0.0176. The molecule has 0 heterocycles. The maximum Gasteiger partial charge on any atom is 0.155 e. The average Bonchev–Trinajstić information content (AvgIpc) is 1.27. The predicted molar refractivity (Wildman–Crippen MR) is 27.4 cm³/mol. The molecule has 0 saturated carbocycles. The third-order valence-electron chi connectivity index (χ3n) is 0.557. The summed E-state index contributed by atoms with van der Waals surface area (Å²) in [6.45, 7) is 3.78. The van der Waals surface area contributed by atoms with E-state index < -0.39 is 6.29 Å². The molecule has 0 atom stereocenters.